The summed E-state index contributed by atoms with van der Waals surface area (Å²) in [4.78, 5) is 0. The maximum atomic E-state index is 5.90. The van der Waals surface area contributed by atoms with Crippen LogP contribution in [0.4, 0.5) is 0 Å². The van der Waals surface area contributed by atoms with Gasteiger partial charge in [-0.2, -0.15) is 0 Å². The van der Waals surface area contributed by atoms with Crippen LogP contribution in [0.1, 0.15) is 5.56 Å². The molecule has 1 aliphatic carbocycles. The average Bonchev–Trinajstić information content (AvgIpc) is 2.51. The van der Waals surface area contributed by atoms with Gasteiger partial charge in [0, 0.05) is 19.2 Å². The van der Waals surface area contributed by atoms with Crippen LogP contribution in [-0.4, -0.2) is 6.10 Å². The molecule has 0 amide bonds. The van der Waals surface area contributed by atoms with Gasteiger partial charge in [-0.25, -0.2) is 0 Å². The average molecular weight is 387 g/mol. The van der Waals surface area contributed by atoms with Gasteiger partial charge in [-0.1, -0.05) is 28.1 Å². The van der Waals surface area contributed by atoms with Crippen LogP contribution in [0.3, 0.4) is 0 Å². The van der Waals surface area contributed by atoms with Gasteiger partial charge in [-0.3, -0.25) is 0 Å². The molecule has 0 radical (unpaired) electrons. The van der Waals surface area contributed by atoms with Crippen LogP contribution < -0.4 is 4.74 Å². The van der Waals surface area contributed by atoms with Gasteiger partial charge >= 0.3 is 0 Å². The number of ether oxygens (including phenoxy) is 1. The van der Waals surface area contributed by atoms with Gasteiger partial charge in [0.15, 0.2) is 0 Å². The minimum absolute atomic E-state index is 0.0394. The first-order valence-electron chi connectivity index (χ1n) is 4.97. The zero-order valence-corrected chi connectivity index (χ0v) is 12.0. The Labute approximate surface area is 116 Å². The SMILES string of the molecule is BrC1=C2c3cc(I)ccc3OC2C=CC=C1. The molecule has 0 N–H and O–H groups in total. The highest BCUT2D eigenvalue weighted by molar-refractivity contribution is 14.1. The molecular weight excluding hydrogens is 379 g/mol. The molecule has 0 saturated heterocycles. The summed E-state index contributed by atoms with van der Waals surface area (Å²) in [7, 11) is 0. The highest BCUT2D eigenvalue weighted by Crippen LogP contribution is 2.42. The quantitative estimate of drug-likeness (QED) is 0.604. The van der Waals surface area contributed by atoms with E-state index in [1.54, 1.807) is 0 Å². The van der Waals surface area contributed by atoms with Crippen molar-refractivity contribution in [3.05, 3.63) is 56.1 Å². The number of halogens is 2. The molecule has 3 rings (SSSR count). The Morgan fingerprint density at radius 2 is 2.12 bits per heavy atom. The minimum Gasteiger partial charge on any atom is -0.481 e. The highest BCUT2D eigenvalue weighted by atomic mass is 127. The van der Waals surface area contributed by atoms with Gasteiger partial charge in [0.1, 0.15) is 11.9 Å². The molecule has 0 bridgehead atoms. The van der Waals surface area contributed by atoms with Gasteiger partial charge in [0.05, 0.1) is 0 Å². The van der Waals surface area contributed by atoms with Crippen molar-refractivity contribution >= 4 is 44.1 Å². The lowest BCUT2D eigenvalue weighted by Gasteiger charge is -2.06. The number of hydrogen-bond donors (Lipinski definition) is 0. The first kappa shape index (κ1) is 10.6. The van der Waals surface area contributed by atoms with E-state index >= 15 is 0 Å². The fourth-order valence-corrected chi connectivity index (χ4v) is 3.04. The molecule has 3 heteroatoms. The third-order valence-corrected chi connectivity index (χ3v) is 4.03. The molecule has 1 atom stereocenters. The number of hydrogen-bond acceptors (Lipinski definition) is 1. The third-order valence-electron chi connectivity index (χ3n) is 2.67. The molecule has 1 unspecified atom stereocenters. The molecule has 16 heavy (non-hydrogen) atoms. The van der Waals surface area contributed by atoms with E-state index < -0.39 is 0 Å². The van der Waals surface area contributed by atoms with Crippen LogP contribution >= 0.6 is 38.5 Å². The summed E-state index contributed by atoms with van der Waals surface area (Å²) < 4.78 is 8.23. The summed E-state index contributed by atoms with van der Waals surface area (Å²) >= 11 is 5.93. The van der Waals surface area contributed by atoms with Crippen LogP contribution in [-0.2, 0) is 0 Å². The van der Waals surface area contributed by atoms with E-state index in [1.807, 2.05) is 18.2 Å². The van der Waals surface area contributed by atoms with E-state index in [4.69, 9.17) is 4.74 Å². The van der Waals surface area contributed by atoms with Crippen molar-refractivity contribution in [1.29, 1.82) is 0 Å². The van der Waals surface area contributed by atoms with Crippen molar-refractivity contribution in [2.75, 3.05) is 0 Å². The maximum Gasteiger partial charge on any atom is 0.144 e. The Morgan fingerprint density at radius 1 is 1.25 bits per heavy atom. The lowest BCUT2D eigenvalue weighted by Crippen LogP contribution is -2.07. The lowest BCUT2D eigenvalue weighted by molar-refractivity contribution is 0.323. The summed E-state index contributed by atoms with van der Waals surface area (Å²) in [6.07, 6.45) is 8.22. The van der Waals surface area contributed by atoms with E-state index in [1.165, 1.54) is 14.7 Å². The van der Waals surface area contributed by atoms with Gasteiger partial charge in [0.25, 0.3) is 0 Å². The molecule has 1 nitrogen and oxygen atoms in total. The summed E-state index contributed by atoms with van der Waals surface area (Å²) in [5.41, 5.74) is 2.42. The standard InChI is InChI=1S/C13H8BrIO/c14-10-3-1-2-4-12-13(10)9-7-8(15)5-6-11(9)16-12/h1-7,12H. The van der Waals surface area contributed by atoms with Crippen molar-refractivity contribution in [3.8, 4) is 5.75 Å². The maximum absolute atomic E-state index is 5.90. The molecule has 2 aliphatic rings. The molecule has 80 valence electrons. The predicted molar refractivity (Wildman–Crippen MR) is 77.7 cm³/mol. The molecule has 1 aromatic carbocycles. The minimum atomic E-state index is 0.0394. The number of fused-ring (bicyclic) bond motifs is 3. The van der Waals surface area contributed by atoms with Gasteiger partial charge in [-0.15, -0.1) is 0 Å². The summed E-state index contributed by atoms with van der Waals surface area (Å²) in [6, 6.07) is 6.27. The van der Waals surface area contributed by atoms with Crippen LogP contribution in [0, 0.1) is 3.57 Å². The molecule has 0 fully saturated rings. The lowest BCUT2D eigenvalue weighted by atomic mass is 10.0. The summed E-state index contributed by atoms with van der Waals surface area (Å²) in [5.74, 6) is 0.970. The second kappa shape index (κ2) is 4.04. The largest absolute Gasteiger partial charge is 0.481 e. The number of benzene rings is 1. The normalized spacial score (nSPS) is 21.5. The molecule has 1 aromatic rings. The van der Waals surface area contributed by atoms with Crippen LogP contribution in [0.25, 0.3) is 5.57 Å². The Balaban J connectivity index is 2.24. The van der Waals surface area contributed by atoms with Crippen LogP contribution in [0.5, 0.6) is 5.75 Å². The first-order valence-corrected chi connectivity index (χ1v) is 6.84. The molecule has 0 aromatic heterocycles. The Kier molecular flexibility index (Phi) is 2.67. The summed E-state index contributed by atoms with van der Waals surface area (Å²) in [6.45, 7) is 0. The van der Waals surface area contributed by atoms with E-state index in [0.29, 0.717) is 0 Å². The van der Waals surface area contributed by atoms with Crippen molar-refractivity contribution in [3.63, 3.8) is 0 Å². The van der Waals surface area contributed by atoms with Crippen LogP contribution in [0.2, 0.25) is 0 Å². The van der Waals surface area contributed by atoms with Crippen molar-refractivity contribution < 1.29 is 4.74 Å². The first-order chi connectivity index (χ1) is 7.75. The van der Waals surface area contributed by atoms with Crippen LogP contribution in [0.15, 0.2) is 47.0 Å². The fourth-order valence-electron chi connectivity index (χ4n) is 1.96. The molecule has 1 aliphatic heterocycles. The van der Waals surface area contributed by atoms with E-state index in [-0.39, 0.29) is 6.10 Å². The second-order valence-electron chi connectivity index (χ2n) is 3.68. The molecule has 0 spiro atoms. The predicted octanol–water partition coefficient (Wildman–Crippen LogP) is 4.28. The van der Waals surface area contributed by atoms with Gasteiger partial charge in [-0.05, 0) is 52.9 Å². The van der Waals surface area contributed by atoms with Crippen molar-refractivity contribution in [2.24, 2.45) is 0 Å². The van der Waals surface area contributed by atoms with E-state index in [9.17, 15) is 0 Å². The van der Waals surface area contributed by atoms with Crippen molar-refractivity contribution in [1.82, 2.24) is 0 Å². The zero-order chi connectivity index (χ0) is 11.1. The number of rotatable bonds is 0. The van der Waals surface area contributed by atoms with Crippen molar-refractivity contribution in [2.45, 2.75) is 6.10 Å². The van der Waals surface area contributed by atoms with Gasteiger partial charge in [0.2, 0.25) is 0 Å². The molecule has 0 saturated carbocycles. The molecular formula is C13H8BrIO. The molecule has 1 heterocycles. The van der Waals surface area contributed by atoms with E-state index in [0.717, 1.165) is 10.2 Å². The Morgan fingerprint density at radius 3 is 3.00 bits per heavy atom. The zero-order valence-electron chi connectivity index (χ0n) is 8.28. The fraction of sp³-hybridized carbons (Fsp3) is 0.0769. The van der Waals surface area contributed by atoms with E-state index in [2.05, 4.69) is 62.8 Å². The topological polar surface area (TPSA) is 9.23 Å². The van der Waals surface area contributed by atoms with Gasteiger partial charge < -0.3 is 4.74 Å². The monoisotopic (exact) mass is 386 g/mol. The highest BCUT2D eigenvalue weighted by Gasteiger charge is 2.29. The Bertz CT molecular complexity index is 543. The number of allylic oxidation sites excluding steroid dienone is 4. The smallest absolute Gasteiger partial charge is 0.144 e. The Hall–Kier alpha value is -0.550. The third kappa shape index (κ3) is 1.66. The second-order valence-corrected chi connectivity index (χ2v) is 5.78. The summed E-state index contributed by atoms with van der Waals surface area (Å²) in [5, 5.41) is 0.